The normalized spacial score (nSPS) is 23.5. The zero-order chi connectivity index (χ0) is 46.2. The summed E-state index contributed by atoms with van der Waals surface area (Å²) in [7, 11) is 1.52. The third-order valence-corrected chi connectivity index (χ3v) is 11.3. The van der Waals surface area contributed by atoms with Gasteiger partial charge in [-0.1, -0.05) is 146 Å². The van der Waals surface area contributed by atoms with Crippen molar-refractivity contribution >= 4 is 17.9 Å². The van der Waals surface area contributed by atoms with Gasteiger partial charge in [-0.25, -0.2) is 14.4 Å². The maximum Gasteiger partial charge on any atom is 0.338 e. The highest BCUT2D eigenvalue weighted by Crippen LogP contribution is 2.34. The average molecular weight is 909 g/mol. The average Bonchev–Trinajstić information content (AvgIpc) is 3.71. The Morgan fingerprint density at radius 3 is 1.22 bits per heavy atom. The number of methoxy groups -OCH3 is 1. The van der Waals surface area contributed by atoms with Crippen LogP contribution in [-0.2, 0) is 67.2 Å². The summed E-state index contributed by atoms with van der Waals surface area (Å²) < 4.78 is 63.8. The maximum absolute atomic E-state index is 13.8. The minimum absolute atomic E-state index is 0.184. The van der Waals surface area contributed by atoms with E-state index in [1.165, 1.54) is 7.11 Å². The second-order valence-corrected chi connectivity index (χ2v) is 15.9. The molecule has 0 amide bonds. The van der Waals surface area contributed by atoms with Crippen molar-refractivity contribution in [2.45, 2.75) is 75.1 Å². The Labute approximate surface area is 389 Å². The zero-order valence-corrected chi connectivity index (χ0v) is 36.9. The SMILES string of the molecule is CO[C@H]1O[C@H](CO[C@H]2O[C@H](COC(=O)c3ccccc3)[C@@H](OC(=O)c3ccccc3)[C@@H]2OC(=O)c2ccccc2)[C@@H](OCc2ccccc2)[C@H](OCc2ccccc2)[C@H]1OCc1ccccc1. The van der Waals surface area contributed by atoms with E-state index < -0.39 is 73.2 Å². The molecule has 2 saturated heterocycles. The summed E-state index contributed by atoms with van der Waals surface area (Å²) in [4.78, 5) is 40.8. The predicted octanol–water partition coefficient (Wildman–Crippen LogP) is 8.16. The first-order valence-electron chi connectivity index (χ1n) is 22.1. The van der Waals surface area contributed by atoms with Gasteiger partial charge in [0.25, 0.3) is 0 Å². The molecule has 2 heterocycles. The topological polar surface area (TPSA) is 144 Å². The van der Waals surface area contributed by atoms with Gasteiger partial charge in [0.1, 0.15) is 37.1 Å². The van der Waals surface area contributed by atoms with Crippen molar-refractivity contribution < 1.29 is 61.8 Å². The summed E-state index contributed by atoms with van der Waals surface area (Å²) >= 11 is 0. The van der Waals surface area contributed by atoms with Crippen LogP contribution >= 0.6 is 0 Å². The summed E-state index contributed by atoms with van der Waals surface area (Å²) in [5.74, 6) is -2.08. The highest BCUT2D eigenvalue weighted by atomic mass is 16.8. The molecule has 0 radical (unpaired) electrons. The highest BCUT2D eigenvalue weighted by Gasteiger charge is 2.53. The van der Waals surface area contributed by atoms with Gasteiger partial charge in [-0.05, 0) is 53.1 Å². The third kappa shape index (κ3) is 12.7. The number of carbonyl (C=O) groups is 3. The molecule has 2 aliphatic heterocycles. The fraction of sp³-hybridized carbons (Fsp3) is 0.278. The molecule has 6 aromatic rings. The first-order valence-corrected chi connectivity index (χ1v) is 22.1. The van der Waals surface area contributed by atoms with Crippen LogP contribution in [0.1, 0.15) is 47.8 Å². The first-order chi connectivity index (χ1) is 32.9. The molecule has 0 unspecified atom stereocenters. The van der Waals surface area contributed by atoms with E-state index in [2.05, 4.69) is 0 Å². The summed E-state index contributed by atoms with van der Waals surface area (Å²) in [6, 6.07) is 54.3. The molecule has 0 saturated carbocycles. The second kappa shape index (κ2) is 23.8. The lowest BCUT2D eigenvalue weighted by Crippen LogP contribution is -2.61. The summed E-state index contributed by atoms with van der Waals surface area (Å²) in [5, 5.41) is 0. The molecule has 0 bridgehead atoms. The van der Waals surface area contributed by atoms with Crippen molar-refractivity contribution in [1.82, 2.24) is 0 Å². The standard InChI is InChI=1S/C54H52O13/c1-58-53-48(61-34-39-24-12-4-13-25-39)47(60-33-38-22-10-3-11-23-38)45(59-32-37-20-8-2-9-21-37)43(64-53)36-63-54-49(67-52(57)42-30-18-7-19-31-42)46(66-51(56)41-28-16-6-17-29-41)44(65-54)35-62-50(55)40-26-14-5-15-27-40/h2-31,43-49,53-54H,32-36H2,1H3/t43-,44-,45-,46-,47+,48-,49+,53+,54+/m1/s1. The monoisotopic (exact) mass is 908 g/mol. The van der Waals surface area contributed by atoms with Gasteiger partial charge in [0.05, 0.1) is 43.1 Å². The fourth-order valence-electron chi connectivity index (χ4n) is 7.83. The molecule has 2 fully saturated rings. The van der Waals surface area contributed by atoms with Crippen molar-refractivity contribution in [3.05, 3.63) is 215 Å². The number of hydrogen-bond acceptors (Lipinski definition) is 13. The molecular formula is C54H52O13. The zero-order valence-electron chi connectivity index (χ0n) is 36.9. The van der Waals surface area contributed by atoms with Crippen LogP contribution in [-0.4, -0.2) is 93.5 Å². The van der Waals surface area contributed by atoms with E-state index in [1.54, 1.807) is 91.0 Å². The lowest BCUT2D eigenvalue weighted by Gasteiger charge is -2.45. The summed E-state index contributed by atoms with van der Waals surface area (Å²) in [6.45, 7) is 0.0201. The number of ether oxygens (including phenoxy) is 10. The van der Waals surface area contributed by atoms with E-state index in [-0.39, 0.29) is 44.2 Å². The van der Waals surface area contributed by atoms with Crippen molar-refractivity contribution in [2.24, 2.45) is 0 Å². The van der Waals surface area contributed by atoms with Gasteiger partial charge < -0.3 is 47.4 Å². The first kappa shape index (κ1) is 47.0. The molecule has 0 N–H and O–H groups in total. The smallest absolute Gasteiger partial charge is 0.338 e. The van der Waals surface area contributed by atoms with Gasteiger partial charge in [-0.3, -0.25) is 0 Å². The Bertz CT molecular complexity index is 2430. The van der Waals surface area contributed by atoms with Crippen LogP contribution in [0.4, 0.5) is 0 Å². The van der Waals surface area contributed by atoms with Crippen LogP contribution in [0.5, 0.6) is 0 Å². The molecule has 9 atom stereocenters. The van der Waals surface area contributed by atoms with Crippen molar-refractivity contribution in [2.75, 3.05) is 20.3 Å². The highest BCUT2D eigenvalue weighted by molar-refractivity contribution is 5.91. The summed E-state index contributed by atoms with van der Waals surface area (Å²) in [5.41, 5.74) is 3.55. The molecule has 346 valence electrons. The van der Waals surface area contributed by atoms with Crippen LogP contribution in [0.3, 0.4) is 0 Å². The van der Waals surface area contributed by atoms with Crippen molar-refractivity contribution in [3.8, 4) is 0 Å². The maximum atomic E-state index is 13.8. The van der Waals surface area contributed by atoms with E-state index in [1.807, 2.05) is 91.0 Å². The molecular weight excluding hydrogens is 857 g/mol. The van der Waals surface area contributed by atoms with E-state index in [9.17, 15) is 14.4 Å². The number of benzene rings is 6. The lowest BCUT2D eigenvalue weighted by atomic mass is 9.97. The van der Waals surface area contributed by atoms with Gasteiger partial charge in [-0.2, -0.15) is 0 Å². The Morgan fingerprint density at radius 2 is 0.761 bits per heavy atom. The van der Waals surface area contributed by atoms with Crippen molar-refractivity contribution in [3.63, 3.8) is 0 Å². The molecule has 2 aliphatic rings. The lowest BCUT2D eigenvalue weighted by molar-refractivity contribution is -0.328. The number of rotatable bonds is 20. The Kier molecular flexibility index (Phi) is 16.7. The van der Waals surface area contributed by atoms with Crippen LogP contribution in [0.25, 0.3) is 0 Å². The van der Waals surface area contributed by atoms with E-state index >= 15 is 0 Å². The van der Waals surface area contributed by atoms with Gasteiger partial charge in [-0.15, -0.1) is 0 Å². The number of carbonyl (C=O) groups excluding carboxylic acids is 3. The molecule has 13 heteroatoms. The Balaban J connectivity index is 1.10. The second-order valence-electron chi connectivity index (χ2n) is 15.9. The Morgan fingerprint density at radius 1 is 0.388 bits per heavy atom. The molecule has 8 rings (SSSR count). The van der Waals surface area contributed by atoms with Crippen LogP contribution < -0.4 is 0 Å². The molecule has 13 nitrogen and oxygen atoms in total. The van der Waals surface area contributed by atoms with Crippen LogP contribution in [0.15, 0.2) is 182 Å². The molecule has 6 aromatic carbocycles. The molecule has 0 aliphatic carbocycles. The number of esters is 3. The molecule has 0 aromatic heterocycles. The summed E-state index contributed by atoms with van der Waals surface area (Å²) in [6.07, 6.45) is -9.46. The van der Waals surface area contributed by atoms with E-state index in [0.29, 0.717) is 5.56 Å². The van der Waals surface area contributed by atoms with Gasteiger partial charge in [0.2, 0.25) is 0 Å². The van der Waals surface area contributed by atoms with E-state index in [0.717, 1.165) is 16.7 Å². The quantitative estimate of drug-likeness (QED) is 0.0537. The van der Waals surface area contributed by atoms with E-state index in [4.69, 9.17) is 47.4 Å². The minimum Gasteiger partial charge on any atom is -0.459 e. The molecule has 67 heavy (non-hydrogen) atoms. The molecule has 0 spiro atoms. The van der Waals surface area contributed by atoms with Gasteiger partial charge >= 0.3 is 17.9 Å². The van der Waals surface area contributed by atoms with Crippen molar-refractivity contribution in [1.29, 1.82) is 0 Å². The van der Waals surface area contributed by atoms with Gasteiger partial charge in [0, 0.05) is 7.11 Å². The fourth-order valence-corrected chi connectivity index (χ4v) is 7.83. The predicted molar refractivity (Wildman–Crippen MR) is 243 cm³/mol. The largest absolute Gasteiger partial charge is 0.459 e. The van der Waals surface area contributed by atoms with Gasteiger partial charge in [0.15, 0.2) is 24.8 Å². The third-order valence-electron chi connectivity index (χ3n) is 11.3. The Hall–Kier alpha value is -6.55. The van der Waals surface area contributed by atoms with Crippen LogP contribution in [0.2, 0.25) is 0 Å². The van der Waals surface area contributed by atoms with Crippen LogP contribution in [0, 0.1) is 0 Å². The number of hydrogen-bond donors (Lipinski definition) is 0. The minimum atomic E-state index is -1.38.